The molecular formula is C17H19NO3. The summed E-state index contributed by atoms with van der Waals surface area (Å²) in [6, 6.07) is 10.9. The molecule has 0 unspecified atom stereocenters. The van der Waals surface area contributed by atoms with E-state index in [4.69, 9.17) is 9.47 Å². The second-order valence-corrected chi connectivity index (χ2v) is 5.00. The van der Waals surface area contributed by atoms with Gasteiger partial charge in [0.2, 0.25) is 5.88 Å². The van der Waals surface area contributed by atoms with Gasteiger partial charge in [-0.15, -0.1) is 0 Å². The van der Waals surface area contributed by atoms with Gasteiger partial charge in [-0.05, 0) is 31.5 Å². The van der Waals surface area contributed by atoms with Crippen LogP contribution in [0.4, 0.5) is 0 Å². The Morgan fingerprint density at radius 1 is 1.24 bits per heavy atom. The van der Waals surface area contributed by atoms with Gasteiger partial charge in [0, 0.05) is 24.2 Å². The van der Waals surface area contributed by atoms with Crippen molar-refractivity contribution >= 4 is 5.78 Å². The van der Waals surface area contributed by atoms with Crippen LogP contribution in [0.5, 0.6) is 11.6 Å². The molecule has 110 valence electrons. The van der Waals surface area contributed by atoms with Crippen LogP contribution in [-0.2, 0) is 6.42 Å². The van der Waals surface area contributed by atoms with Crippen molar-refractivity contribution < 1.29 is 14.3 Å². The fraction of sp³-hybridized carbons (Fsp3) is 0.294. The summed E-state index contributed by atoms with van der Waals surface area (Å²) < 4.78 is 10.6. The maximum atomic E-state index is 12.3. The molecule has 1 aromatic heterocycles. The summed E-state index contributed by atoms with van der Waals surface area (Å²) in [6.45, 7) is 3.91. The fourth-order valence-corrected chi connectivity index (χ4v) is 1.94. The molecule has 0 aliphatic rings. The van der Waals surface area contributed by atoms with Crippen molar-refractivity contribution in [2.45, 2.75) is 26.4 Å². The number of Topliss-reactive ketones (excluding diaryl/α,β-unsaturated/α-hetero) is 1. The molecule has 0 bridgehead atoms. The van der Waals surface area contributed by atoms with Gasteiger partial charge in [0.25, 0.3) is 0 Å². The van der Waals surface area contributed by atoms with Crippen LogP contribution in [0.1, 0.15) is 29.8 Å². The van der Waals surface area contributed by atoms with Crippen molar-refractivity contribution in [2.75, 3.05) is 7.11 Å². The first-order valence-corrected chi connectivity index (χ1v) is 6.87. The van der Waals surface area contributed by atoms with Gasteiger partial charge in [-0.2, -0.15) is 0 Å². The highest BCUT2D eigenvalue weighted by atomic mass is 16.5. The molecule has 1 aromatic carbocycles. The highest BCUT2D eigenvalue weighted by Crippen LogP contribution is 2.17. The second-order valence-electron chi connectivity index (χ2n) is 5.00. The second kappa shape index (κ2) is 6.88. The first-order valence-electron chi connectivity index (χ1n) is 6.87. The van der Waals surface area contributed by atoms with Crippen LogP contribution in [0.25, 0.3) is 0 Å². The molecule has 2 rings (SSSR count). The van der Waals surface area contributed by atoms with Crippen LogP contribution >= 0.6 is 0 Å². The number of nitrogens with zero attached hydrogens (tertiary/aromatic N) is 1. The summed E-state index contributed by atoms with van der Waals surface area (Å²) in [5.74, 6) is 1.29. The van der Waals surface area contributed by atoms with E-state index >= 15 is 0 Å². The number of benzene rings is 1. The van der Waals surface area contributed by atoms with Crippen LogP contribution in [0.2, 0.25) is 0 Å². The molecule has 0 aliphatic carbocycles. The SMILES string of the molecule is COc1ccc(CC(=O)c2cccc(OC(C)C)c2)cn1. The van der Waals surface area contributed by atoms with Crippen molar-refractivity contribution in [3.63, 3.8) is 0 Å². The third kappa shape index (κ3) is 4.31. The molecule has 1 heterocycles. The molecular weight excluding hydrogens is 266 g/mol. The van der Waals surface area contributed by atoms with E-state index in [0.29, 0.717) is 23.6 Å². The minimum atomic E-state index is 0.0381. The third-order valence-electron chi connectivity index (χ3n) is 2.90. The largest absolute Gasteiger partial charge is 0.491 e. The summed E-state index contributed by atoms with van der Waals surface area (Å²) in [6.07, 6.45) is 2.05. The molecule has 4 heteroatoms. The summed E-state index contributed by atoms with van der Waals surface area (Å²) >= 11 is 0. The zero-order valence-corrected chi connectivity index (χ0v) is 12.5. The van der Waals surface area contributed by atoms with Gasteiger partial charge in [0.15, 0.2) is 5.78 Å². The standard InChI is InChI=1S/C17H19NO3/c1-12(2)21-15-6-4-5-14(10-15)16(19)9-13-7-8-17(20-3)18-11-13/h4-8,10-12H,9H2,1-3H3. The average Bonchev–Trinajstić information content (AvgIpc) is 2.47. The minimum absolute atomic E-state index is 0.0381. The van der Waals surface area contributed by atoms with E-state index in [1.54, 1.807) is 31.5 Å². The molecule has 0 aliphatic heterocycles. The van der Waals surface area contributed by atoms with Gasteiger partial charge in [-0.1, -0.05) is 18.2 Å². The Kier molecular flexibility index (Phi) is 4.93. The van der Waals surface area contributed by atoms with Gasteiger partial charge in [-0.3, -0.25) is 4.79 Å². The lowest BCUT2D eigenvalue weighted by Gasteiger charge is -2.10. The highest BCUT2D eigenvalue weighted by molar-refractivity contribution is 5.97. The van der Waals surface area contributed by atoms with Crippen molar-refractivity contribution in [2.24, 2.45) is 0 Å². The lowest BCUT2D eigenvalue weighted by atomic mass is 10.0. The lowest BCUT2D eigenvalue weighted by Crippen LogP contribution is -2.08. The van der Waals surface area contributed by atoms with E-state index in [9.17, 15) is 4.79 Å². The number of methoxy groups -OCH3 is 1. The van der Waals surface area contributed by atoms with E-state index in [2.05, 4.69) is 4.98 Å². The van der Waals surface area contributed by atoms with E-state index in [0.717, 1.165) is 5.56 Å². The molecule has 0 radical (unpaired) electrons. The molecule has 0 fully saturated rings. The first-order chi connectivity index (χ1) is 10.1. The number of hydrogen-bond acceptors (Lipinski definition) is 4. The predicted octanol–water partition coefficient (Wildman–Crippen LogP) is 3.30. The number of ether oxygens (including phenoxy) is 2. The number of hydrogen-bond donors (Lipinski definition) is 0. The number of carbonyl (C=O) groups excluding carboxylic acids is 1. The minimum Gasteiger partial charge on any atom is -0.491 e. The van der Waals surface area contributed by atoms with Crippen molar-refractivity contribution in [3.05, 3.63) is 53.7 Å². The Balaban J connectivity index is 2.08. The maximum absolute atomic E-state index is 12.3. The molecule has 4 nitrogen and oxygen atoms in total. The molecule has 0 saturated carbocycles. The van der Waals surface area contributed by atoms with Crippen LogP contribution < -0.4 is 9.47 Å². The van der Waals surface area contributed by atoms with Crippen LogP contribution in [0.3, 0.4) is 0 Å². The van der Waals surface area contributed by atoms with Crippen molar-refractivity contribution in [1.29, 1.82) is 0 Å². The van der Waals surface area contributed by atoms with Gasteiger partial charge >= 0.3 is 0 Å². The lowest BCUT2D eigenvalue weighted by molar-refractivity contribution is 0.0992. The number of pyridine rings is 1. The number of rotatable bonds is 6. The van der Waals surface area contributed by atoms with Crippen molar-refractivity contribution in [3.8, 4) is 11.6 Å². The van der Waals surface area contributed by atoms with Gasteiger partial charge < -0.3 is 9.47 Å². The number of aromatic nitrogens is 1. The summed E-state index contributed by atoms with van der Waals surface area (Å²) in [4.78, 5) is 16.4. The molecule has 0 atom stereocenters. The van der Waals surface area contributed by atoms with Gasteiger partial charge in [0.05, 0.1) is 13.2 Å². The van der Waals surface area contributed by atoms with Gasteiger partial charge in [-0.25, -0.2) is 4.98 Å². The number of ketones is 1. The zero-order chi connectivity index (χ0) is 15.2. The molecule has 2 aromatic rings. The topological polar surface area (TPSA) is 48.4 Å². The van der Waals surface area contributed by atoms with Gasteiger partial charge in [0.1, 0.15) is 5.75 Å². The Labute approximate surface area is 124 Å². The van der Waals surface area contributed by atoms with Crippen LogP contribution in [0, 0.1) is 0 Å². The van der Waals surface area contributed by atoms with E-state index in [-0.39, 0.29) is 11.9 Å². The zero-order valence-electron chi connectivity index (χ0n) is 12.5. The van der Waals surface area contributed by atoms with E-state index < -0.39 is 0 Å². The highest BCUT2D eigenvalue weighted by Gasteiger charge is 2.09. The predicted molar refractivity (Wildman–Crippen MR) is 81.0 cm³/mol. The Morgan fingerprint density at radius 2 is 2.05 bits per heavy atom. The van der Waals surface area contributed by atoms with E-state index in [1.807, 2.05) is 32.0 Å². The fourth-order valence-electron chi connectivity index (χ4n) is 1.94. The average molecular weight is 285 g/mol. The Bertz CT molecular complexity index is 606. The smallest absolute Gasteiger partial charge is 0.212 e. The maximum Gasteiger partial charge on any atom is 0.212 e. The Morgan fingerprint density at radius 3 is 2.67 bits per heavy atom. The summed E-state index contributed by atoms with van der Waals surface area (Å²) in [5, 5.41) is 0. The molecule has 0 spiro atoms. The normalized spacial score (nSPS) is 10.5. The monoisotopic (exact) mass is 285 g/mol. The molecule has 0 amide bonds. The van der Waals surface area contributed by atoms with Crippen LogP contribution in [0.15, 0.2) is 42.6 Å². The molecule has 21 heavy (non-hydrogen) atoms. The van der Waals surface area contributed by atoms with E-state index in [1.165, 1.54) is 0 Å². The quantitative estimate of drug-likeness (QED) is 0.764. The molecule has 0 N–H and O–H groups in total. The number of carbonyl (C=O) groups is 1. The summed E-state index contributed by atoms with van der Waals surface area (Å²) in [7, 11) is 1.56. The molecule has 0 saturated heterocycles. The summed E-state index contributed by atoms with van der Waals surface area (Å²) in [5.41, 5.74) is 1.50. The Hall–Kier alpha value is -2.36. The van der Waals surface area contributed by atoms with Crippen molar-refractivity contribution in [1.82, 2.24) is 4.98 Å². The first kappa shape index (κ1) is 15.0. The third-order valence-corrected chi connectivity index (χ3v) is 2.90. The van der Waals surface area contributed by atoms with Crippen LogP contribution in [-0.4, -0.2) is 24.0 Å².